The van der Waals surface area contributed by atoms with Gasteiger partial charge in [-0.1, -0.05) is 24.3 Å². The molecule has 1 aliphatic heterocycles. The molecule has 2 atom stereocenters. The molecule has 0 N–H and O–H groups in total. The van der Waals surface area contributed by atoms with Crippen LogP contribution in [0.3, 0.4) is 0 Å². The Balaban J connectivity index is 1.75. The van der Waals surface area contributed by atoms with Crippen LogP contribution in [0.1, 0.15) is 43.2 Å². The Labute approximate surface area is 125 Å². The Morgan fingerprint density at radius 3 is 2.86 bits per heavy atom. The smallest absolute Gasteiger partial charge is 0.328 e. The van der Waals surface area contributed by atoms with E-state index in [-0.39, 0.29) is 23.8 Å². The number of ether oxygens (including phenoxy) is 1. The largest absolute Gasteiger partial charge is 0.464 e. The number of rotatable bonds is 3. The highest BCUT2D eigenvalue weighted by Crippen LogP contribution is 2.37. The normalized spacial score (nSPS) is 24.0. The zero-order valence-electron chi connectivity index (χ0n) is 12.4. The lowest BCUT2D eigenvalue weighted by Gasteiger charge is -2.39. The van der Waals surface area contributed by atoms with Crippen molar-refractivity contribution >= 4 is 11.9 Å². The van der Waals surface area contributed by atoms with Crippen LogP contribution in [0.25, 0.3) is 0 Å². The lowest BCUT2D eigenvalue weighted by atomic mass is 9.76. The third kappa shape index (κ3) is 2.55. The summed E-state index contributed by atoms with van der Waals surface area (Å²) in [4.78, 5) is 26.6. The van der Waals surface area contributed by atoms with Crippen molar-refractivity contribution in [3.63, 3.8) is 0 Å². The molecule has 1 fully saturated rings. The fraction of sp³-hybridized carbons (Fsp3) is 0.529. The minimum Gasteiger partial charge on any atom is -0.464 e. The fourth-order valence-corrected chi connectivity index (χ4v) is 3.36. The van der Waals surface area contributed by atoms with E-state index in [1.165, 1.54) is 5.56 Å². The number of amides is 1. The maximum absolute atomic E-state index is 12.8. The van der Waals surface area contributed by atoms with Crippen LogP contribution in [-0.2, 0) is 20.7 Å². The van der Waals surface area contributed by atoms with Crippen molar-refractivity contribution in [2.45, 2.75) is 44.6 Å². The summed E-state index contributed by atoms with van der Waals surface area (Å²) in [5.74, 6) is -0.235. The van der Waals surface area contributed by atoms with Gasteiger partial charge in [0, 0.05) is 6.54 Å². The van der Waals surface area contributed by atoms with E-state index in [1.807, 2.05) is 18.2 Å². The Kier molecular flexibility index (Phi) is 3.95. The zero-order chi connectivity index (χ0) is 14.8. The summed E-state index contributed by atoms with van der Waals surface area (Å²) in [6, 6.07) is 7.67. The highest BCUT2D eigenvalue weighted by molar-refractivity contribution is 5.91. The minimum absolute atomic E-state index is 0.0729. The summed E-state index contributed by atoms with van der Waals surface area (Å²) in [5.41, 5.74) is 2.37. The summed E-state index contributed by atoms with van der Waals surface area (Å²) in [7, 11) is 0. The number of esters is 1. The van der Waals surface area contributed by atoms with Gasteiger partial charge >= 0.3 is 5.97 Å². The number of piperidine rings is 1. The molecule has 2 unspecified atom stereocenters. The molecule has 112 valence electrons. The van der Waals surface area contributed by atoms with Crippen molar-refractivity contribution in [1.82, 2.24) is 4.90 Å². The standard InChI is InChI=1S/C17H21NO3/c1-2-21-17(20)15-9-5-6-10-18(15)16(19)14-11-12-7-3-4-8-13(12)14/h3-4,7-8,14-15H,2,5-6,9-11H2,1H3. The number of carbonyl (C=O) groups is 2. The average molecular weight is 287 g/mol. The van der Waals surface area contributed by atoms with Crippen molar-refractivity contribution in [2.75, 3.05) is 13.2 Å². The van der Waals surface area contributed by atoms with Crippen LogP contribution in [0, 0.1) is 0 Å². The minimum atomic E-state index is -0.390. The van der Waals surface area contributed by atoms with Crippen LogP contribution in [0.5, 0.6) is 0 Å². The van der Waals surface area contributed by atoms with E-state index >= 15 is 0 Å². The number of hydrogen-bond acceptors (Lipinski definition) is 3. The van der Waals surface area contributed by atoms with Crippen molar-refractivity contribution in [3.05, 3.63) is 35.4 Å². The maximum atomic E-state index is 12.8. The molecule has 4 nitrogen and oxygen atoms in total. The third-order valence-corrected chi connectivity index (χ3v) is 4.50. The van der Waals surface area contributed by atoms with Gasteiger partial charge in [0.2, 0.25) is 5.91 Å². The van der Waals surface area contributed by atoms with Gasteiger partial charge in [0.05, 0.1) is 12.5 Å². The molecule has 0 radical (unpaired) electrons. The molecule has 1 heterocycles. The first-order chi connectivity index (χ1) is 10.2. The van der Waals surface area contributed by atoms with Crippen LogP contribution in [0.4, 0.5) is 0 Å². The van der Waals surface area contributed by atoms with E-state index in [0.29, 0.717) is 13.2 Å². The number of nitrogens with zero attached hydrogens (tertiary/aromatic N) is 1. The van der Waals surface area contributed by atoms with Crippen molar-refractivity contribution < 1.29 is 14.3 Å². The number of benzene rings is 1. The molecule has 0 spiro atoms. The summed E-state index contributed by atoms with van der Waals surface area (Å²) >= 11 is 0. The summed E-state index contributed by atoms with van der Waals surface area (Å²) < 4.78 is 5.13. The van der Waals surface area contributed by atoms with E-state index < -0.39 is 0 Å². The van der Waals surface area contributed by atoms with E-state index in [9.17, 15) is 9.59 Å². The van der Waals surface area contributed by atoms with Crippen LogP contribution in [0.2, 0.25) is 0 Å². The molecule has 4 heteroatoms. The molecule has 1 aliphatic carbocycles. The predicted molar refractivity (Wildman–Crippen MR) is 78.9 cm³/mol. The monoisotopic (exact) mass is 287 g/mol. The summed E-state index contributed by atoms with van der Waals surface area (Å²) in [6.07, 6.45) is 3.46. The van der Waals surface area contributed by atoms with E-state index in [1.54, 1.807) is 11.8 Å². The maximum Gasteiger partial charge on any atom is 0.328 e. The Hall–Kier alpha value is -1.84. The SMILES string of the molecule is CCOC(=O)C1CCCCN1C(=O)C1Cc2ccccc21. The van der Waals surface area contributed by atoms with Gasteiger partial charge in [0.15, 0.2) is 0 Å². The molecule has 0 bridgehead atoms. The molecule has 1 aromatic carbocycles. The number of carbonyl (C=O) groups excluding carboxylic acids is 2. The Morgan fingerprint density at radius 1 is 1.29 bits per heavy atom. The second-order valence-corrected chi connectivity index (χ2v) is 5.75. The zero-order valence-corrected chi connectivity index (χ0v) is 12.4. The topological polar surface area (TPSA) is 46.6 Å². The van der Waals surface area contributed by atoms with Gasteiger partial charge in [0.25, 0.3) is 0 Å². The predicted octanol–water partition coefficient (Wildman–Crippen LogP) is 2.27. The van der Waals surface area contributed by atoms with Gasteiger partial charge in [-0.15, -0.1) is 0 Å². The average Bonchev–Trinajstić information content (AvgIpc) is 2.48. The van der Waals surface area contributed by atoms with Gasteiger partial charge in [-0.2, -0.15) is 0 Å². The Morgan fingerprint density at radius 2 is 2.10 bits per heavy atom. The van der Waals surface area contributed by atoms with Crippen LogP contribution >= 0.6 is 0 Å². The number of likely N-dealkylation sites (tertiary alicyclic amines) is 1. The fourth-order valence-electron chi connectivity index (χ4n) is 3.36. The van der Waals surface area contributed by atoms with Crippen molar-refractivity contribution in [3.8, 4) is 0 Å². The number of fused-ring (bicyclic) bond motifs is 1. The summed E-state index contributed by atoms with van der Waals surface area (Å²) in [5, 5.41) is 0. The van der Waals surface area contributed by atoms with Gasteiger partial charge in [0.1, 0.15) is 6.04 Å². The second kappa shape index (κ2) is 5.88. The van der Waals surface area contributed by atoms with Crippen LogP contribution in [0.15, 0.2) is 24.3 Å². The van der Waals surface area contributed by atoms with Crippen LogP contribution in [-0.4, -0.2) is 36.0 Å². The van der Waals surface area contributed by atoms with Gasteiger partial charge in [-0.25, -0.2) is 4.79 Å². The molecule has 21 heavy (non-hydrogen) atoms. The molecular formula is C17H21NO3. The molecule has 1 saturated heterocycles. The highest BCUT2D eigenvalue weighted by atomic mass is 16.5. The lowest BCUT2D eigenvalue weighted by Crippen LogP contribution is -2.51. The summed E-state index contributed by atoms with van der Waals surface area (Å²) in [6.45, 7) is 2.83. The first kappa shape index (κ1) is 14.1. The van der Waals surface area contributed by atoms with E-state index in [2.05, 4.69) is 6.07 Å². The van der Waals surface area contributed by atoms with Crippen molar-refractivity contribution in [2.24, 2.45) is 0 Å². The molecule has 3 rings (SSSR count). The molecule has 0 saturated carbocycles. The first-order valence-corrected chi connectivity index (χ1v) is 7.77. The highest BCUT2D eigenvalue weighted by Gasteiger charge is 2.40. The van der Waals surface area contributed by atoms with Crippen LogP contribution < -0.4 is 0 Å². The first-order valence-electron chi connectivity index (χ1n) is 7.77. The molecule has 0 aromatic heterocycles. The van der Waals surface area contributed by atoms with E-state index in [4.69, 9.17) is 4.74 Å². The second-order valence-electron chi connectivity index (χ2n) is 5.75. The van der Waals surface area contributed by atoms with Gasteiger partial charge in [-0.3, -0.25) is 4.79 Å². The van der Waals surface area contributed by atoms with Gasteiger partial charge in [-0.05, 0) is 43.7 Å². The van der Waals surface area contributed by atoms with Crippen molar-refractivity contribution in [1.29, 1.82) is 0 Å². The third-order valence-electron chi connectivity index (χ3n) is 4.50. The molecule has 1 amide bonds. The lowest BCUT2D eigenvalue weighted by molar-refractivity contribution is -0.157. The molecule has 2 aliphatic rings. The Bertz CT molecular complexity index is 555. The quantitative estimate of drug-likeness (QED) is 0.801. The van der Waals surface area contributed by atoms with Gasteiger partial charge < -0.3 is 9.64 Å². The van der Waals surface area contributed by atoms with E-state index in [0.717, 1.165) is 31.2 Å². The molecule has 1 aromatic rings. The number of hydrogen-bond donors (Lipinski definition) is 0. The molecular weight excluding hydrogens is 266 g/mol.